The van der Waals surface area contributed by atoms with Gasteiger partial charge in [-0.15, -0.1) is 0 Å². The molecule has 110 valence electrons. The number of hydrogen-bond donors (Lipinski definition) is 1. The summed E-state index contributed by atoms with van der Waals surface area (Å²) in [5.41, 5.74) is 7.15. The molecule has 0 bridgehead atoms. The number of thiocarbonyl (C=S) groups is 1. The summed E-state index contributed by atoms with van der Waals surface area (Å²) in [6.45, 7) is 5.54. The van der Waals surface area contributed by atoms with E-state index in [0.717, 1.165) is 26.1 Å². The standard InChI is InChI=1S/C16H25N3S/c1-3-14-12-19(10-9-18(14)2)15(11-16(17)20)13-7-5-4-6-8-13/h4-8,14-15H,3,9-12H2,1-2H3,(H2,17,20). The minimum absolute atomic E-state index is 0.316. The summed E-state index contributed by atoms with van der Waals surface area (Å²) in [7, 11) is 2.22. The first-order valence-corrected chi connectivity index (χ1v) is 7.80. The fraction of sp³-hybridized carbons (Fsp3) is 0.562. The monoisotopic (exact) mass is 291 g/mol. The van der Waals surface area contributed by atoms with Gasteiger partial charge in [-0.3, -0.25) is 4.90 Å². The third-order valence-electron chi connectivity index (χ3n) is 4.30. The van der Waals surface area contributed by atoms with Crippen LogP contribution >= 0.6 is 12.2 Å². The van der Waals surface area contributed by atoms with E-state index in [1.54, 1.807) is 0 Å². The molecular weight excluding hydrogens is 266 g/mol. The van der Waals surface area contributed by atoms with E-state index in [0.29, 0.717) is 17.1 Å². The molecule has 1 heterocycles. The molecule has 1 aliphatic heterocycles. The highest BCUT2D eigenvalue weighted by Crippen LogP contribution is 2.27. The Kier molecular flexibility index (Phi) is 5.52. The lowest BCUT2D eigenvalue weighted by Gasteiger charge is -2.43. The van der Waals surface area contributed by atoms with Gasteiger partial charge in [0.25, 0.3) is 0 Å². The van der Waals surface area contributed by atoms with E-state index in [4.69, 9.17) is 18.0 Å². The molecule has 1 fully saturated rings. The minimum atomic E-state index is 0.316. The van der Waals surface area contributed by atoms with Crippen molar-refractivity contribution in [2.75, 3.05) is 26.7 Å². The molecule has 2 unspecified atom stereocenters. The minimum Gasteiger partial charge on any atom is -0.393 e. The van der Waals surface area contributed by atoms with E-state index >= 15 is 0 Å². The van der Waals surface area contributed by atoms with Crippen LogP contribution in [-0.2, 0) is 0 Å². The molecule has 0 spiro atoms. The number of rotatable bonds is 5. The van der Waals surface area contributed by atoms with Gasteiger partial charge < -0.3 is 10.6 Å². The third kappa shape index (κ3) is 3.78. The first-order chi connectivity index (χ1) is 9.61. The number of hydrogen-bond acceptors (Lipinski definition) is 3. The lowest BCUT2D eigenvalue weighted by Crippen LogP contribution is -2.52. The summed E-state index contributed by atoms with van der Waals surface area (Å²) < 4.78 is 0. The molecular formula is C16H25N3S. The predicted molar refractivity (Wildman–Crippen MR) is 88.9 cm³/mol. The van der Waals surface area contributed by atoms with Gasteiger partial charge in [-0.05, 0) is 19.0 Å². The van der Waals surface area contributed by atoms with E-state index < -0.39 is 0 Å². The van der Waals surface area contributed by atoms with Crippen molar-refractivity contribution in [3.05, 3.63) is 35.9 Å². The fourth-order valence-corrected chi connectivity index (χ4v) is 3.18. The van der Waals surface area contributed by atoms with Crippen LogP contribution < -0.4 is 5.73 Å². The van der Waals surface area contributed by atoms with Crippen molar-refractivity contribution in [3.8, 4) is 0 Å². The van der Waals surface area contributed by atoms with Crippen LogP contribution in [0.15, 0.2) is 30.3 Å². The highest BCUT2D eigenvalue weighted by atomic mass is 32.1. The van der Waals surface area contributed by atoms with E-state index in [9.17, 15) is 0 Å². The Balaban J connectivity index is 2.17. The summed E-state index contributed by atoms with van der Waals surface area (Å²) >= 11 is 5.16. The molecule has 1 saturated heterocycles. The topological polar surface area (TPSA) is 32.5 Å². The lowest BCUT2D eigenvalue weighted by molar-refractivity contribution is 0.0640. The average Bonchev–Trinajstić information content (AvgIpc) is 2.46. The van der Waals surface area contributed by atoms with Crippen LogP contribution in [0.3, 0.4) is 0 Å². The lowest BCUT2D eigenvalue weighted by atomic mass is 9.99. The number of benzene rings is 1. The van der Waals surface area contributed by atoms with Crippen molar-refractivity contribution in [3.63, 3.8) is 0 Å². The van der Waals surface area contributed by atoms with Crippen LogP contribution in [0, 0.1) is 0 Å². The smallest absolute Gasteiger partial charge is 0.0746 e. The highest BCUT2D eigenvalue weighted by molar-refractivity contribution is 7.80. The van der Waals surface area contributed by atoms with Gasteiger partial charge in [0.15, 0.2) is 0 Å². The van der Waals surface area contributed by atoms with Crippen LogP contribution in [0.1, 0.15) is 31.4 Å². The van der Waals surface area contributed by atoms with Crippen molar-refractivity contribution in [2.45, 2.75) is 31.8 Å². The molecule has 0 aliphatic carbocycles. The Morgan fingerprint density at radius 3 is 2.65 bits per heavy atom. The zero-order valence-electron chi connectivity index (χ0n) is 12.5. The van der Waals surface area contributed by atoms with E-state index in [-0.39, 0.29) is 0 Å². The van der Waals surface area contributed by atoms with Gasteiger partial charge in [0.1, 0.15) is 0 Å². The number of nitrogens with zero attached hydrogens (tertiary/aromatic N) is 2. The second kappa shape index (κ2) is 7.16. The maximum Gasteiger partial charge on any atom is 0.0746 e. The van der Waals surface area contributed by atoms with Gasteiger partial charge in [0.05, 0.1) is 4.99 Å². The van der Waals surface area contributed by atoms with Crippen LogP contribution in [-0.4, -0.2) is 47.5 Å². The maximum absolute atomic E-state index is 5.83. The Bertz CT molecular complexity index is 435. The van der Waals surface area contributed by atoms with Gasteiger partial charge in [-0.1, -0.05) is 49.5 Å². The number of likely N-dealkylation sites (N-methyl/N-ethyl adjacent to an activating group) is 1. The molecule has 0 saturated carbocycles. The molecule has 0 amide bonds. The van der Waals surface area contributed by atoms with E-state index in [1.807, 2.05) is 0 Å². The zero-order chi connectivity index (χ0) is 14.5. The van der Waals surface area contributed by atoms with Crippen LogP contribution in [0.2, 0.25) is 0 Å². The van der Waals surface area contributed by atoms with Crippen LogP contribution in [0.4, 0.5) is 0 Å². The second-order valence-electron chi connectivity index (χ2n) is 5.63. The molecule has 0 aromatic heterocycles. The summed E-state index contributed by atoms with van der Waals surface area (Å²) in [5.74, 6) is 0. The first kappa shape index (κ1) is 15.4. The second-order valence-corrected chi connectivity index (χ2v) is 6.16. The van der Waals surface area contributed by atoms with Crippen molar-refractivity contribution in [1.82, 2.24) is 9.80 Å². The van der Waals surface area contributed by atoms with E-state index in [1.165, 1.54) is 12.0 Å². The van der Waals surface area contributed by atoms with Crippen molar-refractivity contribution in [2.24, 2.45) is 5.73 Å². The van der Waals surface area contributed by atoms with Gasteiger partial charge in [-0.25, -0.2) is 0 Å². The molecule has 3 nitrogen and oxygen atoms in total. The maximum atomic E-state index is 5.83. The van der Waals surface area contributed by atoms with Crippen molar-refractivity contribution < 1.29 is 0 Å². The normalized spacial score (nSPS) is 22.6. The Morgan fingerprint density at radius 1 is 1.35 bits per heavy atom. The van der Waals surface area contributed by atoms with Crippen LogP contribution in [0.5, 0.6) is 0 Å². The Labute approximate surface area is 127 Å². The van der Waals surface area contributed by atoms with Crippen molar-refractivity contribution in [1.29, 1.82) is 0 Å². The van der Waals surface area contributed by atoms with Gasteiger partial charge in [0, 0.05) is 38.1 Å². The highest BCUT2D eigenvalue weighted by Gasteiger charge is 2.29. The summed E-state index contributed by atoms with van der Waals surface area (Å²) in [4.78, 5) is 5.60. The number of nitrogens with two attached hydrogens (primary N) is 1. The molecule has 4 heteroatoms. The quantitative estimate of drug-likeness (QED) is 0.845. The molecule has 2 atom stereocenters. The van der Waals surface area contributed by atoms with E-state index in [2.05, 4.69) is 54.1 Å². The Morgan fingerprint density at radius 2 is 2.05 bits per heavy atom. The molecule has 2 rings (SSSR count). The third-order valence-corrected chi connectivity index (χ3v) is 4.47. The van der Waals surface area contributed by atoms with Gasteiger partial charge in [-0.2, -0.15) is 0 Å². The van der Waals surface area contributed by atoms with Gasteiger partial charge >= 0.3 is 0 Å². The largest absolute Gasteiger partial charge is 0.393 e. The Hall–Kier alpha value is -0.970. The molecule has 1 aromatic carbocycles. The molecule has 0 radical (unpaired) electrons. The zero-order valence-corrected chi connectivity index (χ0v) is 13.3. The predicted octanol–water partition coefficient (Wildman–Crippen LogP) is 2.43. The SMILES string of the molecule is CCC1CN(C(CC(N)=S)c2ccccc2)CCN1C. The van der Waals surface area contributed by atoms with Crippen molar-refractivity contribution >= 4 is 17.2 Å². The summed E-state index contributed by atoms with van der Waals surface area (Å²) in [5, 5.41) is 0. The molecule has 1 aromatic rings. The molecule has 2 N–H and O–H groups in total. The first-order valence-electron chi connectivity index (χ1n) is 7.39. The van der Waals surface area contributed by atoms with Crippen LogP contribution in [0.25, 0.3) is 0 Å². The molecule has 1 aliphatic rings. The average molecular weight is 291 g/mol. The number of piperazine rings is 1. The fourth-order valence-electron chi connectivity index (χ4n) is 3.02. The molecule has 20 heavy (non-hydrogen) atoms. The van der Waals surface area contributed by atoms with Gasteiger partial charge in [0.2, 0.25) is 0 Å². The summed E-state index contributed by atoms with van der Waals surface area (Å²) in [6.07, 6.45) is 1.95. The summed E-state index contributed by atoms with van der Waals surface area (Å²) in [6, 6.07) is 11.5.